The maximum atomic E-state index is 13.6. The van der Waals surface area contributed by atoms with E-state index in [2.05, 4.69) is 26.3 Å². The highest BCUT2D eigenvalue weighted by molar-refractivity contribution is 9.10. The van der Waals surface area contributed by atoms with Crippen LogP contribution in [0.4, 0.5) is 10.1 Å². The standard InChI is InChI=1S/C14H15BrFN3O/c1-9-7-10(2)19(18-9)6-5-14(20)17-13-4-3-11(15)8-12(13)16/h3-4,7-8H,5-6H2,1-2H3,(H,17,20). The van der Waals surface area contributed by atoms with Crippen LogP contribution in [0.15, 0.2) is 28.7 Å². The third-order valence-electron chi connectivity index (χ3n) is 2.86. The van der Waals surface area contributed by atoms with Crippen molar-refractivity contribution in [1.82, 2.24) is 9.78 Å². The zero-order valence-corrected chi connectivity index (χ0v) is 12.9. The second-order valence-corrected chi connectivity index (χ2v) is 5.49. The first-order valence-corrected chi connectivity index (χ1v) is 7.01. The lowest BCUT2D eigenvalue weighted by atomic mass is 10.3. The van der Waals surface area contributed by atoms with Crippen molar-refractivity contribution in [2.45, 2.75) is 26.8 Å². The summed E-state index contributed by atoms with van der Waals surface area (Å²) < 4.78 is 16.0. The number of anilines is 1. The molecule has 0 aliphatic carbocycles. The summed E-state index contributed by atoms with van der Waals surface area (Å²) in [5.74, 6) is -0.697. The van der Waals surface area contributed by atoms with Crippen LogP contribution in [0.25, 0.3) is 0 Å². The second-order valence-electron chi connectivity index (χ2n) is 4.57. The van der Waals surface area contributed by atoms with Crippen LogP contribution in [0.1, 0.15) is 17.8 Å². The minimum absolute atomic E-state index is 0.187. The number of hydrogen-bond acceptors (Lipinski definition) is 2. The first-order valence-electron chi connectivity index (χ1n) is 6.21. The molecule has 2 aromatic rings. The topological polar surface area (TPSA) is 46.9 Å². The van der Waals surface area contributed by atoms with Gasteiger partial charge < -0.3 is 5.32 Å². The molecule has 20 heavy (non-hydrogen) atoms. The Morgan fingerprint density at radius 3 is 2.75 bits per heavy atom. The number of carbonyl (C=O) groups is 1. The van der Waals surface area contributed by atoms with Gasteiger partial charge in [0.05, 0.1) is 11.4 Å². The number of amides is 1. The van der Waals surface area contributed by atoms with Gasteiger partial charge in [-0.25, -0.2) is 4.39 Å². The van der Waals surface area contributed by atoms with E-state index < -0.39 is 5.82 Å². The zero-order chi connectivity index (χ0) is 14.7. The molecular formula is C14H15BrFN3O. The maximum Gasteiger partial charge on any atom is 0.226 e. The van der Waals surface area contributed by atoms with E-state index in [1.807, 2.05) is 19.9 Å². The number of aryl methyl sites for hydroxylation is 3. The van der Waals surface area contributed by atoms with Crippen molar-refractivity contribution >= 4 is 27.5 Å². The van der Waals surface area contributed by atoms with Gasteiger partial charge in [-0.05, 0) is 38.1 Å². The van der Waals surface area contributed by atoms with Crippen molar-refractivity contribution in [1.29, 1.82) is 0 Å². The number of hydrogen-bond donors (Lipinski definition) is 1. The Morgan fingerprint density at radius 2 is 2.15 bits per heavy atom. The lowest BCUT2D eigenvalue weighted by molar-refractivity contribution is -0.116. The summed E-state index contributed by atoms with van der Waals surface area (Å²) in [6, 6.07) is 6.48. The molecule has 6 heteroatoms. The Hall–Kier alpha value is -1.69. The van der Waals surface area contributed by atoms with E-state index >= 15 is 0 Å². The number of rotatable bonds is 4. The summed E-state index contributed by atoms with van der Waals surface area (Å²) in [6.07, 6.45) is 0.247. The van der Waals surface area contributed by atoms with Crippen LogP contribution in [-0.2, 0) is 11.3 Å². The molecular weight excluding hydrogens is 325 g/mol. The Balaban J connectivity index is 1.94. The van der Waals surface area contributed by atoms with E-state index in [0.717, 1.165) is 11.4 Å². The van der Waals surface area contributed by atoms with Crippen molar-refractivity contribution in [3.05, 3.63) is 45.9 Å². The van der Waals surface area contributed by atoms with Gasteiger partial charge in [0, 0.05) is 23.1 Å². The molecule has 2 rings (SSSR count). The molecule has 4 nitrogen and oxygen atoms in total. The van der Waals surface area contributed by atoms with Gasteiger partial charge in [-0.2, -0.15) is 5.10 Å². The Morgan fingerprint density at radius 1 is 1.40 bits per heavy atom. The van der Waals surface area contributed by atoms with Crippen LogP contribution >= 0.6 is 15.9 Å². The average molecular weight is 340 g/mol. The van der Waals surface area contributed by atoms with Gasteiger partial charge in [0.2, 0.25) is 5.91 Å². The van der Waals surface area contributed by atoms with Crippen LogP contribution in [0.2, 0.25) is 0 Å². The van der Waals surface area contributed by atoms with E-state index in [1.165, 1.54) is 12.1 Å². The SMILES string of the molecule is Cc1cc(C)n(CCC(=O)Nc2ccc(Br)cc2F)n1. The summed E-state index contributed by atoms with van der Waals surface area (Å²) in [6.45, 7) is 4.32. The number of halogens is 2. The third-order valence-corrected chi connectivity index (χ3v) is 3.35. The fraction of sp³-hybridized carbons (Fsp3) is 0.286. The minimum atomic E-state index is -0.459. The smallest absolute Gasteiger partial charge is 0.226 e. The van der Waals surface area contributed by atoms with E-state index in [4.69, 9.17) is 0 Å². The highest BCUT2D eigenvalue weighted by Crippen LogP contribution is 2.19. The van der Waals surface area contributed by atoms with E-state index in [-0.39, 0.29) is 18.0 Å². The van der Waals surface area contributed by atoms with E-state index in [0.29, 0.717) is 11.0 Å². The molecule has 0 radical (unpaired) electrons. The Bertz CT molecular complexity index is 639. The quantitative estimate of drug-likeness (QED) is 0.927. The highest BCUT2D eigenvalue weighted by Gasteiger charge is 2.09. The van der Waals surface area contributed by atoms with Crippen LogP contribution in [0, 0.1) is 19.7 Å². The lowest BCUT2D eigenvalue weighted by Crippen LogP contribution is -2.16. The summed E-state index contributed by atoms with van der Waals surface area (Å²) in [5, 5.41) is 6.83. The molecule has 0 bridgehead atoms. The molecule has 0 atom stereocenters. The molecule has 0 saturated heterocycles. The van der Waals surface area contributed by atoms with Crippen molar-refractivity contribution < 1.29 is 9.18 Å². The van der Waals surface area contributed by atoms with Gasteiger partial charge in [0.15, 0.2) is 0 Å². The summed E-state index contributed by atoms with van der Waals surface area (Å²) >= 11 is 3.17. The second kappa shape index (κ2) is 6.17. The fourth-order valence-corrected chi connectivity index (χ4v) is 2.25. The minimum Gasteiger partial charge on any atom is -0.324 e. The molecule has 0 aliphatic heterocycles. The van der Waals surface area contributed by atoms with Crippen LogP contribution < -0.4 is 5.32 Å². The Kier molecular flexibility index (Phi) is 4.54. The highest BCUT2D eigenvalue weighted by atomic mass is 79.9. The monoisotopic (exact) mass is 339 g/mol. The predicted molar refractivity (Wildman–Crippen MR) is 79.0 cm³/mol. The van der Waals surface area contributed by atoms with Crippen LogP contribution in [0.5, 0.6) is 0 Å². The molecule has 0 unspecified atom stereocenters. The molecule has 0 aliphatic rings. The number of nitrogens with zero attached hydrogens (tertiary/aromatic N) is 2. The zero-order valence-electron chi connectivity index (χ0n) is 11.3. The van der Waals surface area contributed by atoms with Crippen molar-refractivity contribution in [2.24, 2.45) is 0 Å². The normalized spacial score (nSPS) is 10.6. The van der Waals surface area contributed by atoms with Gasteiger partial charge in [-0.1, -0.05) is 15.9 Å². The van der Waals surface area contributed by atoms with Crippen molar-refractivity contribution in [2.75, 3.05) is 5.32 Å². The molecule has 1 aromatic carbocycles. The molecule has 0 spiro atoms. The molecule has 0 fully saturated rings. The van der Waals surface area contributed by atoms with Crippen LogP contribution in [-0.4, -0.2) is 15.7 Å². The molecule has 1 amide bonds. The van der Waals surface area contributed by atoms with Gasteiger partial charge in [-0.3, -0.25) is 9.48 Å². The summed E-state index contributed by atoms with van der Waals surface area (Å²) in [5.41, 5.74) is 2.11. The fourth-order valence-electron chi connectivity index (χ4n) is 1.91. The van der Waals surface area contributed by atoms with Gasteiger partial charge in [0.25, 0.3) is 0 Å². The number of aromatic nitrogens is 2. The largest absolute Gasteiger partial charge is 0.324 e. The molecule has 0 saturated carbocycles. The van der Waals surface area contributed by atoms with E-state index in [1.54, 1.807) is 10.7 Å². The van der Waals surface area contributed by atoms with Crippen LogP contribution in [0.3, 0.4) is 0 Å². The van der Waals surface area contributed by atoms with Gasteiger partial charge in [-0.15, -0.1) is 0 Å². The lowest BCUT2D eigenvalue weighted by Gasteiger charge is -2.07. The number of carbonyl (C=O) groups excluding carboxylic acids is 1. The van der Waals surface area contributed by atoms with E-state index in [9.17, 15) is 9.18 Å². The molecule has 1 aromatic heterocycles. The summed E-state index contributed by atoms with van der Waals surface area (Å²) in [4.78, 5) is 11.8. The third kappa shape index (κ3) is 3.66. The van der Waals surface area contributed by atoms with Crippen molar-refractivity contribution in [3.63, 3.8) is 0 Å². The Labute approximate surface area is 125 Å². The number of benzene rings is 1. The molecule has 1 heterocycles. The summed E-state index contributed by atoms with van der Waals surface area (Å²) in [7, 11) is 0. The van der Waals surface area contributed by atoms with Gasteiger partial charge >= 0.3 is 0 Å². The number of nitrogens with one attached hydrogen (secondary N) is 1. The van der Waals surface area contributed by atoms with Gasteiger partial charge in [0.1, 0.15) is 5.82 Å². The molecule has 1 N–H and O–H groups in total. The predicted octanol–water partition coefficient (Wildman–Crippen LogP) is 3.43. The maximum absolute atomic E-state index is 13.6. The first kappa shape index (κ1) is 14.7. The average Bonchev–Trinajstić information content (AvgIpc) is 2.69. The first-order chi connectivity index (χ1) is 9.45. The molecule has 106 valence electrons. The van der Waals surface area contributed by atoms with Crippen molar-refractivity contribution in [3.8, 4) is 0 Å².